The van der Waals surface area contributed by atoms with Crippen molar-refractivity contribution in [2.24, 2.45) is 0 Å². The van der Waals surface area contributed by atoms with Crippen molar-refractivity contribution in [3.05, 3.63) is 58.3 Å². The summed E-state index contributed by atoms with van der Waals surface area (Å²) in [6.45, 7) is 3.82. The fraction of sp³-hybridized carbons (Fsp3) is 0.542. The van der Waals surface area contributed by atoms with Crippen LogP contribution in [0.2, 0.25) is 0 Å². The number of carbonyl (C=O) groups excluding carboxylic acids is 1. The van der Waals surface area contributed by atoms with Crippen molar-refractivity contribution in [2.45, 2.75) is 51.0 Å². The van der Waals surface area contributed by atoms with E-state index in [-0.39, 0.29) is 17.2 Å². The first kappa shape index (κ1) is 21.6. The number of aryl methyl sites for hydroxylation is 1. The Labute approximate surface area is 183 Å². The zero-order valence-electron chi connectivity index (χ0n) is 18.1. The SMILES string of the molecule is O=C(c1c[nH]c(=O)cn1)N1CCCCN2CCCCC2CCc2cccc(c2)OCC1. The molecular formula is C24H32N4O3. The van der Waals surface area contributed by atoms with Gasteiger partial charge in [0.25, 0.3) is 11.5 Å². The summed E-state index contributed by atoms with van der Waals surface area (Å²) in [5.41, 5.74) is 1.26. The maximum absolute atomic E-state index is 13.0. The standard InChI is InChI=1S/C24H32N4O3/c29-23-18-25-22(17-26-23)24(30)28-13-4-3-12-27-11-2-1-7-20(27)10-9-19-6-5-8-21(16-19)31-15-14-28/h5-6,8,16-18,20H,1-4,7,9-15H2,(H,26,29). The molecule has 3 heterocycles. The molecule has 1 fully saturated rings. The van der Waals surface area contributed by atoms with E-state index >= 15 is 0 Å². The number of amides is 1. The van der Waals surface area contributed by atoms with Crippen LogP contribution in [0.4, 0.5) is 0 Å². The van der Waals surface area contributed by atoms with Gasteiger partial charge < -0.3 is 19.5 Å². The minimum absolute atomic E-state index is 0.172. The molecular weight excluding hydrogens is 392 g/mol. The van der Waals surface area contributed by atoms with Crippen LogP contribution in [0.3, 0.4) is 0 Å². The number of carbonyl (C=O) groups is 1. The largest absolute Gasteiger partial charge is 0.492 e. The molecule has 31 heavy (non-hydrogen) atoms. The summed E-state index contributed by atoms with van der Waals surface area (Å²) in [5.74, 6) is 0.677. The molecule has 166 valence electrons. The highest BCUT2D eigenvalue weighted by Crippen LogP contribution is 2.23. The second-order valence-corrected chi connectivity index (χ2v) is 8.52. The van der Waals surface area contributed by atoms with Crippen LogP contribution in [0, 0.1) is 0 Å². The lowest BCUT2D eigenvalue weighted by Gasteiger charge is -2.36. The maximum atomic E-state index is 13.0. The van der Waals surface area contributed by atoms with Crippen molar-refractivity contribution >= 4 is 5.91 Å². The molecule has 0 saturated carbocycles. The van der Waals surface area contributed by atoms with E-state index in [1.54, 1.807) is 4.90 Å². The molecule has 0 radical (unpaired) electrons. The third kappa shape index (κ3) is 5.94. The molecule has 2 bridgehead atoms. The van der Waals surface area contributed by atoms with Gasteiger partial charge >= 0.3 is 0 Å². The third-order valence-corrected chi connectivity index (χ3v) is 6.35. The number of piperidine rings is 1. The average molecular weight is 425 g/mol. The predicted molar refractivity (Wildman–Crippen MR) is 119 cm³/mol. The highest BCUT2D eigenvalue weighted by atomic mass is 16.5. The van der Waals surface area contributed by atoms with Crippen LogP contribution in [0.25, 0.3) is 0 Å². The van der Waals surface area contributed by atoms with Gasteiger partial charge in [0.05, 0.1) is 12.7 Å². The van der Waals surface area contributed by atoms with Gasteiger partial charge in [-0.1, -0.05) is 18.6 Å². The monoisotopic (exact) mass is 424 g/mol. The second kappa shape index (κ2) is 10.6. The molecule has 1 saturated heterocycles. The lowest BCUT2D eigenvalue weighted by atomic mass is 9.95. The number of fused-ring (bicyclic) bond motifs is 3. The highest BCUT2D eigenvalue weighted by Gasteiger charge is 2.23. The van der Waals surface area contributed by atoms with Gasteiger partial charge in [-0.05, 0) is 69.3 Å². The predicted octanol–water partition coefficient (Wildman–Crippen LogP) is 2.87. The fourth-order valence-corrected chi connectivity index (χ4v) is 4.63. The van der Waals surface area contributed by atoms with Crippen LogP contribution in [0.1, 0.15) is 54.6 Å². The Bertz CT molecular complexity index is 909. The molecule has 1 amide bonds. The van der Waals surface area contributed by atoms with Gasteiger partial charge in [-0.15, -0.1) is 0 Å². The molecule has 1 N–H and O–H groups in total. The number of aromatic amines is 1. The molecule has 0 spiro atoms. The van der Waals surface area contributed by atoms with Crippen LogP contribution in [0.5, 0.6) is 5.75 Å². The summed E-state index contributed by atoms with van der Waals surface area (Å²) in [6, 6.07) is 8.98. The van der Waals surface area contributed by atoms with Gasteiger partial charge in [-0.25, -0.2) is 4.98 Å². The van der Waals surface area contributed by atoms with Crippen molar-refractivity contribution in [3.63, 3.8) is 0 Å². The molecule has 1 aromatic heterocycles. The van der Waals surface area contributed by atoms with Crippen molar-refractivity contribution in [3.8, 4) is 5.75 Å². The number of nitrogens with one attached hydrogen (secondary N) is 1. The molecule has 1 atom stereocenters. The second-order valence-electron chi connectivity index (χ2n) is 8.52. The Morgan fingerprint density at radius 2 is 1.90 bits per heavy atom. The van der Waals surface area contributed by atoms with E-state index in [0.717, 1.165) is 37.8 Å². The highest BCUT2D eigenvalue weighted by molar-refractivity contribution is 5.91. The topological polar surface area (TPSA) is 78.5 Å². The van der Waals surface area contributed by atoms with Crippen LogP contribution in [-0.2, 0) is 6.42 Å². The first-order valence-electron chi connectivity index (χ1n) is 11.5. The van der Waals surface area contributed by atoms with Crippen molar-refractivity contribution in [1.29, 1.82) is 0 Å². The Hall–Kier alpha value is -2.67. The molecule has 7 nitrogen and oxygen atoms in total. The van der Waals surface area contributed by atoms with Gasteiger partial charge in [0.15, 0.2) is 0 Å². The summed E-state index contributed by atoms with van der Waals surface area (Å²) < 4.78 is 5.98. The number of ether oxygens (including phenoxy) is 1. The first-order chi connectivity index (χ1) is 15.2. The van der Waals surface area contributed by atoms with Gasteiger partial charge in [0.2, 0.25) is 0 Å². The molecule has 2 aliphatic heterocycles. The Balaban J connectivity index is 1.49. The Morgan fingerprint density at radius 1 is 1.06 bits per heavy atom. The number of nitrogens with zero attached hydrogens (tertiary/aromatic N) is 3. The van der Waals surface area contributed by atoms with E-state index < -0.39 is 0 Å². The molecule has 0 aliphatic carbocycles. The summed E-state index contributed by atoms with van der Waals surface area (Å²) >= 11 is 0. The normalized spacial score (nSPS) is 21.3. The minimum Gasteiger partial charge on any atom is -0.492 e. The third-order valence-electron chi connectivity index (χ3n) is 6.35. The van der Waals surface area contributed by atoms with Crippen LogP contribution < -0.4 is 10.3 Å². The lowest BCUT2D eigenvalue weighted by molar-refractivity contribution is 0.0715. The van der Waals surface area contributed by atoms with Crippen molar-refractivity contribution in [1.82, 2.24) is 19.8 Å². The number of H-pyrrole nitrogens is 1. The summed E-state index contributed by atoms with van der Waals surface area (Å²) in [4.78, 5) is 35.3. The maximum Gasteiger partial charge on any atom is 0.274 e. The number of rotatable bonds is 1. The van der Waals surface area contributed by atoms with E-state index in [0.29, 0.717) is 25.7 Å². The minimum atomic E-state index is -0.312. The molecule has 2 aliphatic rings. The number of hydrogen-bond acceptors (Lipinski definition) is 5. The van der Waals surface area contributed by atoms with E-state index in [9.17, 15) is 9.59 Å². The van der Waals surface area contributed by atoms with Crippen LogP contribution in [-0.4, -0.2) is 64.5 Å². The van der Waals surface area contributed by atoms with Gasteiger partial charge in [0, 0.05) is 18.8 Å². The quantitative estimate of drug-likeness (QED) is 0.762. The van der Waals surface area contributed by atoms with Crippen LogP contribution in [0.15, 0.2) is 41.5 Å². The smallest absolute Gasteiger partial charge is 0.274 e. The van der Waals surface area contributed by atoms with Crippen LogP contribution >= 0.6 is 0 Å². The molecule has 7 heteroatoms. The number of benzene rings is 1. The fourth-order valence-electron chi connectivity index (χ4n) is 4.63. The lowest BCUT2D eigenvalue weighted by Crippen LogP contribution is -2.41. The van der Waals surface area contributed by atoms with E-state index in [1.165, 1.54) is 44.0 Å². The molecule has 4 rings (SSSR count). The summed E-state index contributed by atoms with van der Waals surface area (Å²) in [6.07, 6.45) is 10.7. The van der Waals surface area contributed by atoms with Gasteiger partial charge in [-0.3, -0.25) is 9.59 Å². The molecule has 1 aromatic carbocycles. The van der Waals surface area contributed by atoms with Gasteiger partial charge in [0.1, 0.15) is 18.1 Å². The van der Waals surface area contributed by atoms with E-state index in [4.69, 9.17) is 4.74 Å². The van der Waals surface area contributed by atoms with E-state index in [2.05, 4.69) is 33.1 Å². The first-order valence-corrected chi connectivity index (χ1v) is 11.5. The van der Waals surface area contributed by atoms with E-state index in [1.807, 2.05) is 6.07 Å². The van der Waals surface area contributed by atoms with Crippen molar-refractivity contribution in [2.75, 3.05) is 32.8 Å². The van der Waals surface area contributed by atoms with Crippen molar-refractivity contribution < 1.29 is 9.53 Å². The molecule has 2 aromatic rings. The zero-order chi connectivity index (χ0) is 21.5. The Kier molecular flexibility index (Phi) is 7.35. The van der Waals surface area contributed by atoms with Gasteiger partial charge in [-0.2, -0.15) is 0 Å². The Morgan fingerprint density at radius 3 is 2.74 bits per heavy atom. The summed E-state index contributed by atoms with van der Waals surface area (Å²) in [7, 11) is 0. The number of hydrogen-bond donors (Lipinski definition) is 1. The number of aromatic nitrogens is 2. The molecule has 1 unspecified atom stereocenters. The summed E-state index contributed by atoms with van der Waals surface area (Å²) in [5, 5.41) is 0. The zero-order valence-corrected chi connectivity index (χ0v) is 18.1. The average Bonchev–Trinajstić information content (AvgIpc) is 2.80.